The maximum atomic E-state index is 13.3. The van der Waals surface area contributed by atoms with Crippen LogP contribution >= 0.6 is 15.9 Å². The number of carbonyl (C=O) groups excluding carboxylic acids is 2. The maximum absolute atomic E-state index is 13.3. The van der Waals surface area contributed by atoms with E-state index in [1.807, 2.05) is 48.5 Å². The SMILES string of the molecule is CCc1ccc(N2CC3=C(C2=O)[C@H](c2ccc(Br)cc2)NC(=O)N3C)cc1. The lowest BCUT2D eigenvalue weighted by atomic mass is 9.96. The number of carbonyl (C=O) groups is 2. The normalized spacial score (nSPS) is 19.4. The van der Waals surface area contributed by atoms with E-state index in [4.69, 9.17) is 0 Å². The minimum atomic E-state index is -0.441. The van der Waals surface area contributed by atoms with Gasteiger partial charge in [-0.1, -0.05) is 47.1 Å². The molecule has 1 atom stereocenters. The Hall–Kier alpha value is -2.60. The lowest BCUT2D eigenvalue weighted by molar-refractivity contribution is -0.114. The zero-order chi connectivity index (χ0) is 19.1. The van der Waals surface area contributed by atoms with Crippen molar-refractivity contribution in [2.24, 2.45) is 0 Å². The Bertz CT molecular complexity index is 935. The molecule has 0 unspecified atom stereocenters. The number of aryl methyl sites for hydroxylation is 1. The third-order valence-electron chi connectivity index (χ3n) is 5.22. The van der Waals surface area contributed by atoms with Crippen molar-refractivity contribution < 1.29 is 9.59 Å². The molecule has 0 saturated heterocycles. The van der Waals surface area contributed by atoms with E-state index >= 15 is 0 Å². The van der Waals surface area contributed by atoms with E-state index in [0.717, 1.165) is 27.8 Å². The van der Waals surface area contributed by atoms with Crippen LogP contribution in [-0.2, 0) is 11.2 Å². The Kier molecular flexibility index (Phi) is 4.52. The molecule has 0 saturated carbocycles. The number of halogens is 1. The molecule has 2 aliphatic rings. The monoisotopic (exact) mass is 425 g/mol. The second-order valence-electron chi connectivity index (χ2n) is 6.76. The Balaban J connectivity index is 1.72. The summed E-state index contributed by atoms with van der Waals surface area (Å²) in [6.45, 7) is 2.50. The number of amides is 3. The topological polar surface area (TPSA) is 52.7 Å². The van der Waals surface area contributed by atoms with E-state index in [9.17, 15) is 9.59 Å². The van der Waals surface area contributed by atoms with Gasteiger partial charge in [0.05, 0.1) is 23.9 Å². The van der Waals surface area contributed by atoms with Crippen LogP contribution in [0.3, 0.4) is 0 Å². The summed E-state index contributed by atoms with van der Waals surface area (Å²) in [5.74, 6) is -0.0611. The Morgan fingerprint density at radius 1 is 1.07 bits per heavy atom. The molecule has 3 amide bonds. The van der Waals surface area contributed by atoms with Gasteiger partial charge < -0.3 is 10.2 Å². The van der Waals surface area contributed by atoms with Crippen LogP contribution in [0.15, 0.2) is 64.3 Å². The number of hydrogen-bond acceptors (Lipinski definition) is 2. The number of nitrogens with one attached hydrogen (secondary N) is 1. The van der Waals surface area contributed by atoms with Crippen molar-refractivity contribution in [3.8, 4) is 0 Å². The standard InChI is InChI=1S/C21H20BrN3O2/c1-3-13-4-10-16(11-5-13)25-12-17-18(20(25)26)19(23-21(27)24(17)2)14-6-8-15(22)9-7-14/h4-11,19H,3,12H2,1-2H3,(H,23,27)/t19-/m0/s1. The van der Waals surface area contributed by atoms with E-state index in [-0.39, 0.29) is 11.9 Å². The summed E-state index contributed by atoms with van der Waals surface area (Å²) in [6.07, 6.45) is 0.954. The van der Waals surface area contributed by atoms with Crippen molar-refractivity contribution >= 4 is 33.6 Å². The highest BCUT2D eigenvalue weighted by Crippen LogP contribution is 2.37. The van der Waals surface area contributed by atoms with Crippen LogP contribution in [0.2, 0.25) is 0 Å². The van der Waals surface area contributed by atoms with Crippen LogP contribution in [0, 0.1) is 0 Å². The quantitative estimate of drug-likeness (QED) is 0.807. The van der Waals surface area contributed by atoms with Crippen LogP contribution in [0.5, 0.6) is 0 Å². The van der Waals surface area contributed by atoms with Gasteiger partial charge in [-0.3, -0.25) is 9.69 Å². The largest absolute Gasteiger partial charge is 0.327 e. The molecule has 5 nitrogen and oxygen atoms in total. The summed E-state index contributed by atoms with van der Waals surface area (Å²) >= 11 is 3.43. The number of benzene rings is 2. The Morgan fingerprint density at radius 2 is 1.74 bits per heavy atom. The van der Waals surface area contributed by atoms with Crippen LogP contribution in [0.1, 0.15) is 24.1 Å². The highest BCUT2D eigenvalue weighted by molar-refractivity contribution is 9.10. The van der Waals surface area contributed by atoms with Crippen molar-refractivity contribution in [1.29, 1.82) is 0 Å². The molecule has 6 heteroatoms. The Labute approximate surface area is 166 Å². The molecule has 0 radical (unpaired) electrons. The summed E-state index contributed by atoms with van der Waals surface area (Å²) in [6, 6.07) is 15.1. The fraction of sp³-hybridized carbons (Fsp3) is 0.238. The van der Waals surface area contributed by atoms with Gasteiger partial charge in [-0.15, -0.1) is 0 Å². The lowest BCUT2D eigenvalue weighted by Crippen LogP contribution is -2.45. The molecule has 0 spiro atoms. The molecule has 1 N–H and O–H groups in total. The number of nitrogens with zero attached hydrogens (tertiary/aromatic N) is 2. The molecule has 0 aliphatic carbocycles. The van der Waals surface area contributed by atoms with Crippen molar-refractivity contribution in [3.05, 3.63) is 75.4 Å². The van der Waals surface area contributed by atoms with Gasteiger partial charge in [-0.2, -0.15) is 0 Å². The van der Waals surface area contributed by atoms with Crippen molar-refractivity contribution in [1.82, 2.24) is 10.2 Å². The molecule has 4 rings (SSSR count). The molecular formula is C21H20BrN3O2. The van der Waals surface area contributed by atoms with Crippen LogP contribution in [-0.4, -0.2) is 30.4 Å². The maximum Gasteiger partial charge on any atom is 0.322 e. The first-order valence-corrected chi connectivity index (χ1v) is 9.72. The zero-order valence-electron chi connectivity index (χ0n) is 15.2. The number of likely N-dealkylation sites (N-methyl/N-ethyl adjacent to an activating group) is 1. The van der Waals surface area contributed by atoms with Crippen LogP contribution < -0.4 is 10.2 Å². The molecule has 2 aromatic rings. The van der Waals surface area contributed by atoms with Gasteiger partial charge in [0.1, 0.15) is 0 Å². The summed E-state index contributed by atoms with van der Waals surface area (Å²) in [4.78, 5) is 29.0. The molecular weight excluding hydrogens is 406 g/mol. The van der Waals surface area contributed by atoms with Crippen LogP contribution in [0.4, 0.5) is 10.5 Å². The van der Waals surface area contributed by atoms with E-state index in [0.29, 0.717) is 12.1 Å². The van der Waals surface area contributed by atoms with E-state index in [2.05, 4.69) is 28.2 Å². The molecule has 0 bridgehead atoms. The first-order valence-electron chi connectivity index (χ1n) is 8.93. The highest BCUT2D eigenvalue weighted by atomic mass is 79.9. The summed E-state index contributed by atoms with van der Waals surface area (Å²) in [7, 11) is 1.71. The fourth-order valence-electron chi connectivity index (χ4n) is 3.59. The molecule has 0 aromatic heterocycles. The van der Waals surface area contributed by atoms with Gasteiger partial charge in [-0.25, -0.2) is 4.79 Å². The molecule has 27 heavy (non-hydrogen) atoms. The first-order chi connectivity index (χ1) is 13.0. The summed E-state index contributed by atoms with van der Waals surface area (Å²) in [5.41, 5.74) is 4.37. The molecule has 2 aromatic carbocycles. The predicted octanol–water partition coefficient (Wildman–Crippen LogP) is 4.01. The van der Waals surface area contributed by atoms with Crippen LogP contribution in [0.25, 0.3) is 0 Å². The summed E-state index contributed by atoms with van der Waals surface area (Å²) in [5, 5.41) is 2.96. The van der Waals surface area contributed by atoms with E-state index in [1.165, 1.54) is 5.56 Å². The van der Waals surface area contributed by atoms with Crippen molar-refractivity contribution in [3.63, 3.8) is 0 Å². The average Bonchev–Trinajstić information content (AvgIpc) is 3.03. The summed E-state index contributed by atoms with van der Waals surface area (Å²) < 4.78 is 0.954. The number of anilines is 1. The van der Waals surface area contributed by atoms with Gasteiger partial charge in [0.25, 0.3) is 5.91 Å². The van der Waals surface area contributed by atoms with Gasteiger partial charge in [-0.05, 0) is 41.8 Å². The smallest absolute Gasteiger partial charge is 0.322 e. The third-order valence-corrected chi connectivity index (χ3v) is 5.75. The minimum Gasteiger partial charge on any atom is -0.327 e. The molecule has 2 aliphatic heterocycles. The fourth-order valence-corrected chi connectivity index (χ4v) is 3.86. The van der Waals surface area contributed by atoms with Crippen molar-refractivity contribution in [2.75, 3.05) is 18.5 Å². The molecule has 138 valence electrons. The van der Waals surface area contributed by atoms with E-state index < -0.39 is 6.04 Å². The zero-order valence-corrected chi connectivity index (χ0v) is 16.8. The molecule has 2 heterocycles. The highest BCUT2D eigenvalue weighted by Gasteiger charge is 2.43. The molecule has 0 fully saturated rings. The van der Waals surface area contributed by atoms with Gasteiger partial charge in [0.2, 0.25) is 0 Å². The number of rotatable bonds is 3. The van der Waals surface area contributed by atoms with Crippen molar-refractivity contribution in [2.45, 2.75) is 19.4 Å². The minimum absolute atomic E-state index is 0.0611. The van der Waals surface area contributed by atoms with E-state index in [1.54, 1.807) is 16.8 Å². The predicted molar refractivity (Wildman–Crippen MR) is 108 cm³/mol. The second-order valence-corrected chi connectivity index (χ2v) is 7.68. The second kappa shape index (κ2) is 6.85. The number of urea groups is 1. The average molecular weight is 426 g/mol. The number of hydrogen-bond donors (Lipinski definition) is 1. The van der Waals surface area contributed by atoms with Gasteiger partial charge >= 0.3 is 6.03 Å². The first kappa shape index (κ1) is 17.8. The van der Waals surface area contributed by atoms with Gasteiger partial charge in [0.15, 0.2) is 0 Å². The third kappa shape index (κ3) is 3.04. The Morgan fingerprint density at radius 3 is 2.37 bits per heavy atom. The van der Waals surface area contributed by atoms with Gasteiger partial charge in [0, 0.05) is 17.2 Å². The lowest BCUT2D eigenvalue weighted by Gasteiger charge is -2.31.